The van der Waals surface area contributed by atoms with Crippen molar-refractivity contribution in [3.63, 3.8) is 0 Å². The molecule has 0 aliphatic carbocycles. The molecule has 0 spiro atoms. The third-order valence-corrected chi connectivity index (χ3v) is 2.62. The first-order valence-corrected chi connectivity index (χ1v) is 5.38. The molecule has 1 aromatic rings. The lowest BCUT2D eigenvalue weighted by atomic mass is 10.1. The molecule has 0 fully saturated rings. The van der Waals surface area contributed by atoms with Crippen LogP contribution in [0.3, 0.4) is 0 Å². The van der Waals surface area contributed by atoms with Crippen molar-refractivity contribution in [3.8, 4) is 5.75 Å². The molecule has 0 radical (unpaired) electrons. The molecule has 0 bridgehead atoms. The van der Waals surface area contributed by atoms with Gasteiger partial charge in [-0.25, -0.2) is 0 Å². The molecule has 0 saturated heterocycles. The van der Waals surface area contributed by atoms with Gasteiger partial charge in [-0.05, 0) is 19.1 Å². The van der Waals surface area contributed by atoms with Crippen LogP contribution in [0, 0.1) is 0 Å². The highest BCUT2D eigenvalue weighted by Crippen LogP contribution is 2.29. The lowest BCUT2D eigenvalue weighted by Crippen LogP contribution is -2.10. The van der Waals surface area contributed by atoms with Crippen molar-refractivity contribution >= 4 is 33.3 Å². The molecule has 76 valence electrons. The third-order valence-electron chi connectivity index (χ3n) is 1.81. The van der Waals surface area contributed by atoms with E-state index in [1.54, 1.807) is 25.1 Å². The van der Waals surface area contributed by atoms with Crippen molar-refractivity contribution in [2.45, 2.75) is 11.8 Å². The summed E-state index contributed by atoms with van der Waals surface area (Å²) >= 11 is 9.19. The Morgan fingerprint density at radius 3 is 2.71 bits per heavy atom. The number of hydrogen-bond acceptors (Lipinski definition) is 2. The molecule has 0 amide bonds. The fourth-order valence-electron chi connectivity index (χ4n) is 1.07. The van der Waals surface area contributed by atoms with E-state index in [0.29, 0.717) is 16.3 Å². The van der Waals surface area contributed by atoms with E-state index in [2.05, 4.69) is 15.9 Å². The van der Waals surface area contributed by atoms with Crippen LogP contribution in [0.2, 0.25) is 5.02 Å². The maximum absolute atomic E-state index is 11.6. The van der Waals surface area contributed by atoms with Gasteiger partial charge < -0.3 is 4.74 Å². The summed E-state index contributed by atoms with van der Waals surface area (Å²) in [6.07, 6.45) is 0. The second-order valence-corrected chi connectivity index (χ2v) is 4.55. The SMILES string of the molecule is COc1cccc(C(=O)C(C)Br)c1Cl. The predicted molar refractivity (Wildman–Crippen MR) is 60.7 cm³/mol. The molecular weight excluding hydrogens is 267 g/mol. The topological polar surface area (TPSA) is 26.3 Å². The summed E-state index contributed by atoms with van der Waals surface area (Å²) in [4.78, 5) is 11.4. The maximum Gasteiger partial charge on any atom is 0.177 e. The summed E-state index contributed by atoms with van der Waals surface area (Å²) in [6, 6.07) is 5.15. The molecular formula is C10H10BrClO2. The minimum atomic E-state index is -0.243. The lowest BCUT2D eigenvalue weighted by Gasteiger charge is -2.08. The van der Waals surface area contributed by atoms with E-state index in [1.807, 2.05) is 0 Å². The number of carbonyl (C=O) groups is 1. The number of benzene rings is 1. The number of ether oxygens (including phenoxy) is 1. The fraction of sp³-hybridized carbons (Fsp3) is 0.300. The Hall–Kier alpha value is -0.540. The Morgan fingerprint density at radius 2 is 2.21 bits per heavy atom. The Kier molecular flexibility index (Phi) is 3.96. The van der Waals surface area contributed by atoms with Gasteiger partial charge in [0, 0.05) is 5.56 Å². The highest BCUT2D eigenvalue weighted by atomic mass is 79.9. The Bertz CT molecular complexity index is 350. The third kappa shape index (κ3) is 2.28. The summed E-state index contributed by atoms with van der Waals surface area (Å²) in [5.41, 5.74) is 0.482. The largest absolute Gasteiger partial charge is 0.495 e. The van der Waals surface area contributed by atoms with Gasteiger partial charge in [0.05, 0.1) is 17.0 Å². The standard InChI is InChI=1S/C10H10BrClO2/c1-6(11)10(13)7-4-3-5-8(14-2)9(7)12/h3-6H,1-2H3. The molecule has 0 aliphatic heterocycles. The number of rotatable bonds is 3. The van der Waals surface area contributed by atoms with Crippen LogP contribution in [-0.2, 0) is 0 Å². The molecule has 1 rings (SSSR count). The van der Waals surface area contributed by atoms with Gasteiger partial charge in [0.15, 0.2) is 5.78 Å². The van der Waals surface area contributed by atoms with Crippen LogP contribution >= 0.6 is 27.5 Å². The van der Waals surface area contributed by atoms with Crippen molar-refractivity contribution in [2.75, 3.05) is 7.11 Å². The number of alkyl halides is 1. The minimum Gasteiger partial charge on any atom is -0.495 e. The number of halogens is 2. The zero-order valence-electron chi connectivity index (χ0n) is 7.88. The predicted octanol–water partition coefficient (Wildman–Crippen LogP) is 3.31. The fourth-order valence-corrected chi connectivity index (χ4v) is 1.62. The van der Waals surface area contributed by atoms with Gasteiger partial charge >= 0.3 is 0 Å². The summed E-state index contributed by atoms with van der Waals surface area (Å²) < 4.78 is 5.02. The van der Waals surface area contributed by atoms with Gasteiger partial charge in [-0.1, -0.05) is 33.6 Å². The van der Waals surface area contributed by atoms with E-state index in [4.69, 9.17) is 16.3 Å². The monoisotopic (exact) mass is 276 g/mol. The molecule has 0 aliphatic rings. The first kappa shape index (κ1) is 11.5. The number of ketones is 1. The first-order chi connectivity index (χ1) is 6.57. The zero-order chi connectivity index (χ0) is 10.7. The quantitative estimate of drug-likeness (QED) is 0.626. The van der Waals surface area contributed by atoms with E-state index < -0.39 is 0 Å². The maximum atomic E-state index is 11.6. The van der Waals surface area contributed by atoms with Gasteiger partial charge in [0.2, 0.25) is 0 Å². The number of carbonyl (C=O) groups excluding carboxylic acids is 1. The molecule has 4 heteroatoms. The van der Waals surface area contributed by atoms with Gasteiger partial charge in [-0.15, -0.1) is 0 Å². The summed E-state index contributed by atoms with van der Waals surface area (Å²) in [5, 5.41) is 0.367. The molecule has 0 N–H and O–H groups in total. The van der Waals surface area contributed by atoms with Crippen LogP contribution in [0.5, 0.6) is 5.75 Å². The van der Waals surface area contributed by atoms with Crippen LogP contribution in [0.25, 0.3) is 0 Å². The average Bonchev–Trinajstić information content (AvgIpc) is 2.17. The second kappa shape index (κ2) is 4.80. The lowest BCUT2D eigenvalue weighted by molar-refractivity contribution is 0.0995. The van der Waals surface area contributed by atoms with Crippen molar-refractivity contribution in [3.05, 3.63) is 28.8 Å². The summed E-state index contributed by atoms with van der Waals surface area (Å²) in [7, 11) is 1.52. The van der Waals surface area contributed by atoms with Crippen LogP contribution < -0.4 is 4.74 Å². The highest BCUT2D eigenvalue weighted by Gasteiger charge is 2.17. The number of hydrogen-bond donors (Lipinski definition) is 0. The molecule has 1 aromatic carbocycles. The van der Waals surface area contributed by atoms with Gasteiger partial charge in [0.25, 0.3) is 0 Å². The first-order valence-electron chi connectivity index (χ1n) is 4.08. The number of Topliss-reactive ketones (excluding diaryl/α,β-unsaturated/α-hetero) is 1. The molecule has 2 nitrogen and oxygen atoms in total. The minimum absolute atomic E-state index is 0.0473. The molecule has 1 unspecified atom stereocenters. The Morgan fingerprint density at radius 1 is 1.57 bits per heavy atom. The van der Waals surface area contributed by atoms with E-state index >= 15 is 0 Å². The van der Waals surface area contributed by atoms with Crippen molar-refractivity contribution in [2.24, 2.45) is 0 Å². The molecule has 0 heterocycles. The summed E-state index contributed by atoms with van der Waals surface area (Å²) in [6.45, 7) is 1.76. The van der Waals surface area contributed by atoms with Gasteiger partial charge in [0.1, 0.15) is 5.75 Å². The van der Waals surface area contributed by atoms with Crippen LogP contribution in [0.15, 0.2) is 18.2 Å². The zero-order valence-corrected chi connectivity index (χ0v) is 10.2. The van der Waals surface area contributed by atoms with Crippen molar-refractivity contribution < 1.29 is 9.53 Å². The molecule has 0 aromatic heterocycles. The van der Waals surface area contributed by atoms with Crippen molar-refractivity contribution in [1.82, 2.24) is 0 Å². The van der Waals surface area contributed by atoms with Gasteiger partial charge in [-0.3, -0.25) is 4.79 Å². The average molecular weight is 278 g/mol. The van der Waals surface area contributed by atoms with E-state index in [1.165, 1.54) is 7.11 Å². The van der Waals surface area contributed by atoms with E-state index in [-0.39, 0.29) is 10.6 Å². The normalized spacial score (nSPS) is 12.3. The van der Waals surface area contributed by atoms with Gasteiger partial charge in [-0.2, -0.15) is 0 Å². The van der Waals surface area contributed by atoms with Crippen LogP contribution in [0.1, 0.15) is 17.3 Å². The van der Waals surface area contributed by atoms with E-state index in [0.717, 1.165) is 0 Å². The van der Waals surface area contributed by atoms with E-state index in [9.17, 15) is 4.79 Å². The molecule has 1 atom stereocenters. The smallest absolute Gasteiger partial charge is 0.177 e. The summed E-state index contributed by atoms with van der Waals surface area (Å²) in [5.74, 6) is 0.472. The molecule has 14 heavy (non-hydrogen) atoms. The van der Waals surface area contributed by atoms with Crippen LogP contribution in [-0.4, -0.2) is 17.7 Å². The number of methoxy groups -OCH3 is 1. The second-order valence-electron chi connectivity index (χ2n) is 2.80. The Labute approximate surface area is 96.3 Å². The van der Waals surface area contributed by atoms with Crippen LogP contribution in [0.4, 0.5) is 0 Å². The Balaban J connectivity index is 3.16. The molecule has 0 saturated carbocycles. The van der Waals surface area contributed by atoms with Crippen molar-refractivity contribution in [1.29, 1.82) is 0 Å². The highest BCUT2D eigenvalue weighted by molar-refractivity contribution is 9.10.